The van der Waals surface area contributed by atoms with Crippen molar-refractivity contribution in [2.75, 3.05) is 12.0 Å². The Morgan fingerprint density at radius 3 is 2.11 bits per heavy atom. The van der Waals surface area contributed by atoms with Gasteiger partial charge >= 0.3 is 12.0 Å². The number of nitrogens with one attached hydrogen (secondary N) is 1. The molecule has 0 aromatic heterocycles. The molecule has 0 spiro atoms. The van der Waals surface area contributed by atoms with Crippen LogP contribution in [-0.4, -0.2) is 25.2 Å². The lowest BCUT2D eigenvalue weighted by Crippen LogP contribution is -2.42. The molecule has 188 valence electrons. The average Bonchev–Trinajstić information content (AvgIpc) is 2.85. The second-order valence-corrected chi connectivity index (χ2v) is 10.2. The van der Waals surface area contributed by atoms with E-state index in [1.54, 1.807) is 11.0 Å². The maximum Gasteiger partial charge on any atom is 0.330 e. The zero-order chi connectivity index (χ0) is 26.3. The largest absolute Gasteiger partial charge is 0.466 e. The monoisotopic (exact) mass is 484 g/mol. The molecule has 0 saturated heterocycles. The minimum atomic E-state index is -0.428. The number of amides is 2. The summed E-state index contributed by atoms with van der Waals surface area (Å²) in [7, 11) is 1.34. The number of esters is 1. The van der Waals surface area contributed by atoms with Crippen molar-refractivity contribution in [2.45, 2.75) is 52.6 Å². The Morgan fingerprint density at radius 1 is 0.944 bits per heavy atom. The molecule has 0 bridgehead atoms. The predicted molar refractivity (Wildman–Crippen MR) is 148 cm³/mol. The van der Waals surface area contributed by atoms with E-state index in [0.717, 1.165) is 27.9 Å². The third-order valence-corrected chi connectivity index (χ3v) is 5.83. The number of rotatable bonds is 7. The van der Waals surface area contributed by atoms with Crippen LogP contribution < -0.4 is 10.2 Å². The maximum absolute atomic E-state index is 13.1. The van der Waals surface area contributed by atoms with Crippen LogP contribution in [0.5, 0.6) is 0 Å². The fourth-order valence-electron chi connectivity index (χ4n) is 3.78. The minimum Gasteiger partial charge on any atom is -0.466 e. The van der Waals surface area contributed by atoms with Gasteiger partial charge in [-0.15, -0.1) is 0 Å². The van der Waals surface area contributed by atoms with E-state index in [1.807, 2.05) is 38.1 Å². The number of methoxy groups -OCH3 is 1. The second kappa shape index (κ2) is 11.7. The molecule has 5 heteroatoms. The Hall–Kier alpha value is -3.86. The molecule has 0 saturated carbocycles. The minimum absolute atomic E-state index is 0.000786. The van der Waals surface area contributed by atoms with Gasteiger partial charge in [-0.25, -0.2) is 9.59 Å². The van der Waals surface area contributed by atoms with Gasteiger partial charge in [0.05, 0.1) is 13.7 Å². The lowest BCUT2D eigenvalue weighted by Gasteiger charge is -2.25. The van der Waals surface area contributed by atoms with Gasteiger partial charge in [0.25, 0.3) is 0 Å². The van der Waals surface area contributed by atoms with Crippen molar-refractivity contribution in [3.05, 3.63) is 95.6 Å². The van der Waals surface area contributed by atoms with Gasteiger partial charge in [0.15, 0.2) is 0 Å². The van der Waals surface area contributed by atoms with Crippen molar-refractivity contribution in [2.24, 2.45) is 0 Å². The zero-order valence-corrected chi connectivity index (χ0v) is 22.0. The van der Waals surface area contributed by atoms with Crippen molar-refractivity contribution >= 4 is 23.8 Å². The van der Waals surface area contributed by atoms with E-state index < -0.39 is 5.97 Å². The van der Waals surface area contributed by atoms with Crippen molar-refractivity contribution in [3.63, 3.8) is 0 Å². The quantitative estimate of drug-likeness (QED) is 0.291. The number of hydrogen-bond donors (Lipinski definition) is 1. The van der Waals surface area contributed by atoms with Gasteiger partial charge in [0, 0.05) is 17.8 Å². The Bertz CT molecular complexity index is 1200. The second-order valence-electron chi connectivity index (χ2n) is 10.2. The lowest BCUT2D eigenvalue weighted by atomic mass is 9.86. The van der Waals surface area contributed by atoms with Gasteiger partial charge in [0.2, 0.25) is 0 Å². The van der Waals surface area contributed by atoms with Crippen LogP contribution in [0, 0.1) is 0 Å². The molecular formula is C31H36N2O3. The molecule has 0 aliphatic rings. The molecule has 0 heterocycles. The molecule has 3 rings (SSSR count). The summed E-state index contributed by atoms with van der Waals surface area (Å²) in [5.74, 6) is -0.428. The number of carbonyl (C=O) groups excluding carboxylic acids is 2. The summed E-state index contributed by atoms with van der Waals surface area (Å²) in [6, 6.07) is 24.3. The number of carbonyl (C=O) groups is 2. The first-order chi connectivity index (χ1) is 17.1. The summed E-state index contributed by atoms with van der Waals surface area (Å²) < 4.78 is 4.67. The van der Waals surface area contributed by atoms with E-state index in [-0.39, 0.29) is 17.5 Å². The van der Waals surface area contributed by atoms with Crippen LogP contribution in [0.25, 0.3) is 17.2 Å². The van der Waals surface area contributed by atoms with Crippen LogP contribution in [-0.2, 0) is 21.5 Å². The average molecular weight is 485 g/mol. The summed E-state index contributed by atoms with van der Waals surface area (Å²) in [4.78, 5) is 26.3. The summed E-state index contributed by atoms with van der Waals surface area (Å²) in [6.07, 6.45) is 3.04. The van der Waals surface area contributed by atoms with E-state index in [1.165, 1.54) is 18.7 Å². The van der Waals surface area contributed by atoms with Crippen LogP contribution in [0.3, 0.4) is 0 Å². The Kier molecular flexibility index (Phi) is 8.70. The van der Waals surface area contributed by atoms with Crippen molar-refractivity contribution in [1.82, 2.24) is 5.32 Å². The third kappa shape index (κ3) is 7.32. The zero-order valence-electron chi connectivity index (χ0n) is 22.0. The third-order valence-electron chi connectivity index (χ3n) is 5.83. The van der Waals surface area contributed by atoms with Gasteiger partial charge in [-0.2, -0.15) is 0 Å². The summed E-state index contributed by atoms with van der Waals surface area (Å²) in [5.41, 5.74) is 6.27. The number of benzene rings is 3. The van der Waals surface area contributed by atoms with Crippen molar-refractivity contribution < 1.29 is 14.3 Å². The van der Waals surface area contributed by atoms with Gasteiger partial charge < -0.3 is 10.1 Å². The molecule has 3 aromatic rings. The van der Waals surface area contributed by atoms with Gasteiger partial charge in [-0.1, -0.05) is 81.4 Å². The lowest BCUT2D eigenvalue weighted by molar-refractivity contribution is -0.134. The molecule has 3 aromatic carbocycles. The molecule has 1 N–H and O–H groups in total. The highest BCUT2D eigenvalue weighted by atomic mass is 16.5. The highest BCUT2D eigenvalue weighted by Gasteiger charge is 2.18. The fraction of sp³-hybridized carbons (Fsp3) is 0.290. The Labute approximate surface area is 214 Å². The Balaban J connectivity index is 1.84. The highest BCUT2D eigenvalue weighted by Crippen LogP contribution is 2.27. The molecule has 0 unspecified atom stereocenters. The van der Waals surface area contributed by atoms with Crippen LogP contribution in [0.15, 0.2) is 78.9 Å². The first-order valence-electron chi connectivity index (χ1n) is 12.2. The van der Waals surface area contributed by atoms with Gasteiger partial charge in [-0.3, -0.25) is 4.90 Å². The molecule has 36 heavy (non-hydrogen) atoms. The van der Waals surface area contributed by atoms with Crippen molar-refractivity contribution in [1.29, 1.82) is 0 Å². The first kappa shape index (κ1) is 26.7. The predicted octanol–water partition coefficient (Wildman–Crippen LogP) is 6.96. The topological polar surface area (TPSA) is 58.6 Å². The van der Waals surface area contributed by atoms with Gasteiger partial charge in [0.1, 0.15) is 0 Å². The number of urea groups is 1. The molecule has 2 amide bonds. The SMILES string of the molecule is COC(=O)/C=C/c1cccc(N(Cc2ccc(-c3ccc(C(C)(C)C)cc3)cc2)C(=O)NC(C)C)c1. The molecular weight excluding hydrogens is 448 g/mol. The molecule has 0 radical (unpaired) electrons. The number of hydrogen-bond acceptors (Lipinski definition) is 3. The summed E-state index contributed by atoms with van der Waals surface area (Å²) >= 11 is 0. The number of ether oxygens (including phenoxy) is 1. The van der Waals surface area contributed by atoms with E-state index in [0.29, 0.717) is 6.54 Å². The number of nitrogens with zero attached hydrogens (tertiary/aromatic N) is 1. The molecule has 5 nitrogen and oxygen atoms in total. The standard InChI is InChI=1S/C31H36N2O3/c1-22(2)32-30(35)33(28-9-7-8-23(20-28)12-19-29(34)36-6)21-24-10-13-25(14-11-24)26-15-17-27(18-16-26)31(3,4)5/h7-20,22H,21H2,1-6H3,(H,32,35)/b19-12+. The van der Waals surface area contributed by atoms with Crippen LogP contribution in [0.2, 0.25) is 0 Å². The van der Waals surface area contributed by atoms with Crippen molar-refractivity contribution in [3.8, 4) is 11.1 Å². The van der Waals surface area contributed by atoms with E-state index in [9.17, 15) is 9.59 Å². The van der Waals surface area contributed by atoms with E-state index in [4.69, 9.17) is 0 Å². The first-order valence-corrected chi connectivity index (χ1v) is 12.2. The van der Waals surface area contributed by atoms with E-state index in [2.05, 4.69) is 79.4 Å². The highest BCUT2D eigenvalue weighted by molar-refractivity contribution is 5.93. The smallest absolute Gasteiger partial charge is 0.330 e. The normalized spacial score (nSPS) is 11.5. The van der Waals surface area contributed by atoms with Crippen LogP contribution in [0.1, 0.15) is 51.3 Å². The summed E-state index contributed by atoms with van der Waals surface area (Å²) in [6.45, 7) is 10.9. The van der Waals surface area contributed by atoms with Crippen LogP contribution >= 0.6 is 0 Å². The van der Waals surface area contributed by atoms with E-state index >= 15 is 0 Å². The molecule has 0 atom stereocenters. The van der Waals surface area contributed by atoms with Gasteiger partial charge in [-0.05, 0) is 65.3 Å². The number of anilines is 1. The summed E-state index contributed by atoms with van der Waals surface area (Å²) in [5, 5.41) is 2.99. The Morgan fingerprint density at radius 2 is 1.56 bits per heavy atom. The molecule has 0 aliphatic heterocycles. The molecule has 0 fully saturated rings. The van der Waals surface area contributed by atoms with Crippen LogP contribution in [0.4, 0.5) is 10.5 Å². The maximum atomic E-state index is 13.1. The molecule has 0 aliphatic carbocycles. The fourth-order valence-corrected chi connectivity index (χ4v) is 3.78.